The van der Waals surface area contributed by atoms with Gasteiger partial charge in [-0.25, -0.2) is 4.79 Å². The summed E-state index contributed by atoms with van der Waals surface area (Å²) in [5.41, 5.74) is 1.30. The molecule has 0 unspecified atom stereocenters. The highest BCUT2D eigenvalue weighted by Gasteiger charge is 2.16. The SMILES string of the molecule is Cc1c(/C=C/C(=O)O)c(=O)[nH]c2cc3c(cc12)OCO3. The normalized spacial score (nSPS) is 13.2. The van der Waals surface area contributed by atoms with E-state index in [-0.39, 0.29) is 12.4 Å². The Morgan fingerprint density at radius 3 is 2.75 bits per heavy atom. The third kappa shape index (κ3) is 1.91. The average Bonchev–Trinajstić information content (AvgIpc) is 2.83. The topological polar surface area (TPSA) is 88.6 Å². The Labute approximate surface area is 113 Å². The van der Waals surface area contributed by atoms with E-state index in [1.54, 1.807) is 19.1 Å². The molecule has 0 spiro atoms. The predicted octanol–water partition coefficient (Wildman–Crippen LogP) is 1.66. The summed E-state index contributed by atoms with van der Waals surface area (Å²) < 4.78 is 10.6. The fourth-order valence-corrected chi connectivity index (χ4v) is 2.22. The summed E-state index contributed by atoms with van der Waals surface area (Å²) in [6, 6.07) is 3.48. The smallest absolute Gasteiger partial charge is 0.328 e. The van der Waals surface area contributed by atoms with Gasteiger partial charge in [0.1, 0.15) is 0 Å². The van der Waals surface area contributed by atoms with Crippen LogP contribution in [0.2, 0.25) is 0 Å². The number of hydrogen-bond donors (Lipinski definition) is 2. The maximum Gasteiger partial charge on any atom is 0.328 e. The van der Waals surface area contributed by atoms with Crippen molar-refractivity contribution in [2.75, 3.05) is 6.79 Å². The van der Waals surface area contributed by atoms with Gasteiger partial charge in [-0.1, -0.05) is 0 Å². The van der Waals surface area contributed by atoms with E-state index in [0.29, 0.717) is 28.1 Å². The van der Waals surface area contributed by atoms with E-state index in [2.05, 4.69) is 4.98 Å². The summed E-state index contributed by atoms with van der Waals surface area (Å²) in [4.78, 5) is 25.3. The lowest BCUT2D eigenvalue weighted by atomic mass is 10.0. The molecular weight excluding hydrogens is 262 g/mol. The van der Waals surface area contributed by atoms with Crippen LogP contribution in [0.1, 0.15) is 11.1 Å². The second kappa shape index (κ2) is 4.41. The van der Waals surface area contributed by atoms with Crippen molar-refractivity contribution in [3.8, 4) is 11.5 Å². The van der Waals surface area contributed by atoms with Crippen LogP contribution in [0.25, 0.3) is 17.0 Å². The van der Waals surface area contributed by atoms with E-state index < -0.39 is 5.97 Å². The van der Waals surface area contributed by atoms with E-state index >= 15 is 0 Å². The van der Waals surface area contributed by atoms with Crippen molar-refractivity contribution in [2.24, 2.45) is 0 Å². The van der Waals surface area contributed by atoms with Crippen LogP contribution in [0.3, 0.4) is 0 Å². The molecule has 1 aromatic heterocycles. The average molecular weight is 273 g/mol. The molecule has 1 aliphatic heterocycles. The van der Waals surface area contributed by atoms with Crippen LogP contribution in [0, 0.1) is 6.92 Å². The van der Waals surface area contributed by atoms with E-state index in [1.807, 2.05) is 0 Å². The first-order valence-corrected chi connectivity index (χ1v) is 5.93. The van der Waals surface area contributed by atoms with Gasteiger partial charge in [-0.2, -0.15) is 0 Å². The molecule has 3 rings (SSSR count). The lowest BCUT2D eigenvalue weighted by molar-refractivity contribution is -0.131. The molecule has 0 atom stereocenters. The van der Waals surface area contributed by atoms with Gasteiger partial charge in [0.25, 0.3) is 5.56 Å². The minimum Gasteiger partial charge on any atom is -0.478 e. The molecule has 0 saturated carbocycles. The number of carbonyl (C=O) groups is 1. The minimum atomic E-state index is -1.10. The standard InChI is InChI=1S/C14H11NO5/c1-7-8(2-3-13(16)17)14(18)15-10-5-12-11(4-9(7)10)19-6-20-12/h2-5H,6H2,1H3,(H,15,18)(H,16,17)/b3-2+. The Bertz CT molecular complexity index is 803. The molecule has 0 amide bonds. The zero-order valence-corrected chi connectivity index (χ0v) is 10.6. The van der Waals surface area contributed by atoms with Gasteiger partial charge in [0, 0.05) is 23.1 Å². The number of H-pyrrole nitrogens is 1. The monoisotopic (exact) mass is 273 g/mol. The van der Waals surface area contributed by atoms with Gasteiger partial charge in [-0.05, 0) is 24.6 Å². The molecule has 0 saturated heterocycles. The number of aromatic amines is 1. The second-order valence-electron chi connectivity index (χ2n) is 4.42. The van der Waals surface area contributed by atoms with E-state index in [1.165, 1.54) is 6.08 Å². The summed E-state index contributed by atoms with van der Waals surface area (Å²) in [5, 5.41) is 9.45. The molecule has 0 fully saturated rings. The van der Waals surface area contributed by atoms with Crippen LogP contribution in [-0.4, -0.2) is 22.9 Å². The number of carboxylic acid groups (broad SMARTS) is 1. The number of aliphatic carboxylic acids is 1. The van der Waals surface area contributed by atoms with Crippen molar-refractivity contribution < 1.29 is 19.4 Å². The van der Waals surface area contributed by atoms with Crippen LogP contribution in [0.4, 0.5) is 0 Å². The van der Waals surface area contributed by atoms with Gasteiger partial charge in [0.2, 0.25) is 6.79 Å². The lowest BCUT2D eigenvalue weighted by Gasteiger charge is -2.07. The summed E-state index contributed by atoms with van der Waals surface area (Å²) in [7, 11) is 0. The second-order valence-corrected chi connectivity index (χ2v) is 4.42. The minimum absolute atomic E-state index is 0.153. The van der Waals surface area contributed by atoms with E-state index in [0.717, 1.165) is 11.5 Å². The molecule has 1 aromatic carbocycles. The fourth-order valence-electron chi connectivity index (χ4n) is 2.22. The van der Waals surface area contributed by atoms with Crippen molar-refractivity contribution in [1.82, 2.24) is 4.98 Å². The van der Waals surface area contributed by atoms with Gasteiger partial charge in [-0.3, -0.25) is 4.79 Å². The van der Waals surface area contributed by atoms with E-state index in [4.69, 9.17) is 14.6 Å². The van der Waals surface area contributed by atoms with Crippen LogP contribution < -0.4 is 15.0 Å². The van der Waals surface area contributed by atoms with Crippen LogP contribution in [0.5, 0.6) is 11.5 Å². The number of fused-ring (bicyclic) bond motifs is 2. The highest BCUT2D eigenvalue weighted by Crippen LogP contribution is 2.36. The van der Waals surface area contributed by atoms with E-state index in [9.17, 15) is 9.59 Å². The van der Waals surface area contributed by atoms with Gasteiger partial charge >= 0.3 is 5.97 Å². The predicted molar refractivity (Wildman–Crippen MR) is 72.1 cm³/mol. The summed E-state index contributed by atoms with van der Waals surface area (Å²) in [6.45, 7) is 1.92. The third-order valence-corrected chi connectivity index (χ3v) is 3.21. The largest absolute Gasteiger partial charge is 0.478 e. The molecule has 2 heterocycles. The van der Waals surface area contributed by atoms with Crippen LogP contribution >= 0.6 is 0 Å². The summed E-state index contributed by atoms with van der Waals surface area (Å²) >= 11 is 0. The molecule has 0 aliphatic carbocycles. The Hall–Kier alpha value is -2.76. The van der Waals surface area contributed by atoms with Crippen molar-refractivity contribution in [3.63, 3.8) is 0 Å². The summed E-state index contributed by atoms with van der Waals surface area (Å²) in [5.74, 6) is 0.0942. The van der Waals surface area contributed by atoms with Crippen molar-refractivity contribution in [1.29, 1.82) is 0 Å². The van der Waals surface area contributed by atoms with Crippen LogP contribution in [-0.2, 0) is 4.79 Å². The zero-order valence-electron chi connectivity index (χ0n) is 10.6. The number of nitrogens with one attached hydrogen (secondary N) is 1. The first kappa shape index (κ1) is 12.3. The Morgan fingerprint density at radius 1 is 1.35 bits per heavy atom. The highest BCUT2D eigenvalue weighted by atomic mass is 16.7. The summed E-state index contributed by atoms with van der Waals surface area (Å²) in [6.07, 6.45) is 2.23. The highest BCUT2D eigenvalue weighted by molar-refractivity contribution is 5.90. The quantitative estimate of drug-likeness (QED) is 0.812. The molecule has 1 aliphatic rings. The third-order valence-electron chi connectivity index (χ3n) is 3.21. The van der Waals surface area contributed by atoms with Gasteiger partial charge in [-0.15, -0.1) is 0 Å². The molecule has 20 heavy (non-hydrogen) atoms. The lowest BCUT2D eigenvalue weighted by Crippen LogP contribution is -2.11. The molecule has 2 aromatic rings. The number of ether oxygens (including phenoxy) is 2. The maximum atomic E-state index is 12.0. The Morgan fingerprint density at radius 2 is 2.05 bits per heavy atom. The zero-order chi connectivity index (χ0) is 14.3. The molecule has 2 N–H and O–H groups in total. The number of rotatable bonds is 2. The van der Waals surface area contributed by atoms with Gasteiger partial charge in [0.05, 0.1) is 5.52 Å². The first-order valence-electron chi connectivity index (χ1n) is 5.93. The van der Waals surface area contributed by atoms with Crippen molar-refractivity contribution in [3.05, 3.63) is 39.7 Å². The Kier molecular flexibility index (Phi) is 2.71. The molecule has 102 valence electrons. The number of aromatic nitrogens is 1. The maximum absolute atomic E-state index is 12.0. The Balaban J connectivity index is 2.26. The molecule has 0 bridgehead atoms. The van der Waals surface area contributed by atoms with Gasteiger partial charge < -0.3 is 19.6 Å². The fraction of sp³-hybridized carbons (Fsp3) is 0.143. The number of benzene rings is 1. The van der Waals surface area contributed by atoms with Crippen molar-refractivity contribution >= 4 is 22.9 Å². The first-order chi connectivity index (χ1) is 9.56. The number of pyridine rings is 1. The molecular formula is C14H11NO5. The van der Waals surface area contributed by atoms with Gasteiger partial charge in [0.15, 0.2) is 11.5 Å². The molecule has 6 nitrogen and oxygen atoms in total. The number of aryl methyl sites for hydroxylation is 1. The number of carboxylic acids is 1. The van der Waals surface area contributed by atoms with Crippen molar-refractivity contribution in [2.45, 2.75) is 6.92 Å². The molecule has 0 radical (unpaired) electrons. The molecule has 6 heteroatoms. The number of hydrogen-bond acceptors (Lipinski definition) is 4. The van der Waals surface area contributed by atoms with Crippen LogP contribution in [0.15, 0.2) is 23.0 Å².